The van der Waals surface area contributed by atoms with E-state index in [1.807, 2.05) is 35.2 Å². The van der Waals surface area contributed by atoms with E-state index in [0.29, 0.717) is 55.4 Å². The van der Waals surface area contributed by atoms with E-state index in [4.69, 9.17) is 10.5 Å². The van der Waals surface area contributed by atoms with Gasteiger partial charge in [-0.15, -0.1) is 0 Å². The molecular weight excluding hydrogens is 468 g/mol. The number of β-amino-alcohol motifs (C(OH)–C–C–N with tert-alkyl or cyclic N) is 1. The number of ether oxygens (including phenoxy) is 1. The van der Waals surface area contributed by atoms with Gasteiger partial charge in [0, 0.05) is 63.2 Å². The van der Waals surface area contributed by atoms with E-state index in [9.17, 15) is 14.7 Å². The summed E-state index contributed by atoms with van der Waals surface area (Å²) in [6.45, 7) is 7.65. The maximum atomic E-state index is 13.5. The quantitative estimate of drug-likeness (QED) is 0.569. The number of aliphatic hydroxyl groups excluding tert-OH is 1. The number of amides is 2. The zero-order valence-corrected chi connectivity index (χ0v) is 21.6. The van der Waals surface area contributed by atoms with Gasteiger partial charge in [-0.3, -0.25) is 9.59 Å². The highest BCUT2D eigenvalue weighted by Crippen LogP contribution is 2.32. The molecule has 2 aromatic rings. The Hall–Kier alpha value is -2.94. The van der Waals surface area contributed by atoms with Gasteiger partial charge in [-0.05, 0) is 49.1 Å². The molecule has 0 radical (unpaired) electrons. The largest absolute Gasteiger partial charge is 0.391 e. The summed E-state index contributed by atoms with van der Waals surface area (Å²) >= 11 is 0. The average molecular weight is 507 g/mol. The predicted octanol–water partition coefficient (Wildman–Crippen LogP) is 2.14. The van der Waals surface area contributed by atoms with Crippen molar-refractivity contribution < 1.29 is 19.4 Å². The molecule has 3 aliphatic heterocycles. The number of benzene rings is 2. The van der Waals surface area contributed by atoms with E-state index in [0.717, 1.165) is 49.7 Å². The first kappa shape index (κ1) is 25.7. The van der Waals surface area contributed by atoms with Gasteiger partial charge >= 0.3 is 0 Å². The topological polar surface area (TPSA) is 99.3 Å². The summed E-state index contributed by atoms with van der Waals surface area (Å²) in [5.41, 5.74) is 10.1. The van der Waals surface area contributed by atoms with Crippen molar-refractivity contribution >= 4 is 17.5 Å². The number of anilines is 1. The van der Waals surface area contributed by atoms with Gasteiger partial charge in [-0.25, -0.2) is 0 Å². The summed E-state index contributed by atoms with van der Waals surface area (Å²) in [5.74, 6) is 0.790. The highest BCUT2D eigenvalue weighted by atomic mass is 16.5. The van der Waals surface area contributed by atoms with E-state index in [2.05, 4.69) is 11.8 Å². The maximum absolute atomic E-state index is 13.5. The fraction of sp³-hybridized carbons (Fsp3) is 0.517. The minimum Gasteiger partial charge on any atom is -0.391 e. The van der Waals surface area contributed by atoms with Crippen molar-refractivity contribution in [3.63, 3.8) is 0 Å². The standard InChI is InChI=1S/C29H38N4O4/c1-2-31-11-12-32(17-25(34)9-7-20-5-3-4-6-22(20)14-30)29(36)26-10-8-21(13-27(26)31)28(35)33-15-23-18-37-19-24(23)16-33/h3-6,8,10,13,23-25,34H,2,7,9,11-12,14-19,30H2,1H3. The summed E-state index contributed by atoms with van der Waals surface area (Å²) in [4.78, 5) is 32.7. The molecule has 3 unspecified atom stereocenters. The van der Waals surface area contributed by atoms with Gasteiger partial charge in [0.05, 0.1) is 30.6 Å². The normalized spacial score (nSPS) is 22.1. The zero-order valence-electron chi connectivity index (χ0n) is 21.6. The van der Waals surface area contributed by atoms with Gasteiger partial charge in [0.15, 0.2) is 0 Å². The molecule has 3 aliphatic rings. The van der Waals surface area contributed by atoms with Crippen LogP contribution in [0.1, 0.15) is 45.2 Å². The Morgan fingerprint density at radius 2 is 1.78 bits per heavy atom. The Morgan fingerprint density at radius 1 is 1.08 bits per heavy atom. The molecule has 0 bridgehead atoms. The smallest absolute Gasteiger partial charge is 0.256 e. The third-order valence-corrected chi connectivity index (χ3v) is 8.17. The number of likely N-dealkylation sites (tertiary alicyclic amines) is 1. The maximum Gasteiger partial charge on any atom is 0.256 e. The molecule has 0 aliphatic carbocycles. The molecule has 0 saturated carbocycles. The van der Waals surface area contributed by atoms with Gasteiger partial charge in [0.2, 0.25) is 0 Å². The van der Waals surface area contributed by atoms with Crippen LogP contribution in [-0.2, 0) is 17.7 Å². The van der Waals surface area contributed by atoms with Gasteiger partial charge < -0.3 is 30.3 Å². The number of nitrogens with zero attached hydrogens (tertiary/aromatic N) is 3. The zero-order chi connectivity index (χ0) is 25.9. The Kier molecular flexibility index (Phi) is 7.79. The molecule has 5 rings (SSSR count). The molecule has 0 spiro atoms. The molecule has 2 aromatic carbocycles. The van der Waals surface area contributed by atoms with Gasteiger partial charge in [-0.1, -0.05) is 24.3 Å². The third-order valence-electron chi connectivity index (χ3n) is 8.17. The van der Waals surface area contributed by atoms with Crippen LogP contribution in [0.2, 0.25) is 0 Å². The second-order valence-corrected chi connectivity index (χ2v) is 10.5. The van der Waals surface area contributed by atoms with Crippen molar-refractivity contribution in [3.8, 4) is 0 Å². The molecule has 3 N–H and O–H groups in total. The van der Waals surface area contributed by atoms with Crippen LogP contribution in [0.3, 0.4) is 0 Å². The molecule has 2 amide bonds. The molecule has 2 fully saturated rings. The molecule has 198 valence electrons. The first-order valence-electron chi connectivity index (χ1n) is 13.5. The number of likely N-dealkylation sites (N-methyl/N-ethyl adjacent to an activating group) is 1. The Morgan fingerprint density at radius 3 is 2.49 bits per heavy atom. The van der Waals surface area contributed by atoms with Crippen LogP contribution in [0.5, 0.6) is 0 Å². The van der Waals surface area contributed by atoms with Gasteiger partial charge in [0.25, 0.3) is 11.8 Å². The van der Waals surface area contributed by atoms with E-state index in [1.54, 1.807) is 17.0 Å². The van der Waals surface area contributed by atoms with E-state index in [1.165, 1.54) is 0 Å². The number of aryl methyl sites for hydroxylation is 1. The summed E-state index contributed by atoms with van der Waals surface area (Å²) in [6.07, 6.45) is 0.636. The fourth-order valence-corrected chi connectivity index (χ4v) is 5.95. The molecule has 8 nitrogen and oxygen atoms in total. The van der Waals surface area contributed by atoms with Crippen LogP contribution in [0.25, 0.3) is 0 Å². The summed E-state index contributed by atoms with van der Waals surface area (Å²) in [7, 11) is 0. The molecule has 8 heteroatoms. The van der Waals surface area contributed by atoms with Crippen molar-refractivity contribution in [2.45, 2.75) is 32.4 Å². The van der Waals surface area contributed by atoms with Crippen molar-refractivity contribution in [1.29, 1.82) is 0 Å². The number of hydrogen-bond donors (Lipinski definition) is 2. The van der Waals surface area contributed by atoms with Crippen molar-refractivity contribution in [2.75, 3.05) is 57.4 Å². The van der Waals surface area contributed by atoms with E-state index >= 15 is 0 Å². The number of nitrogens with two attached hydrogens (primary N) is 1. The van der Waals surface area contributed by atoms with Crippen molar-refractivity contribution in [3.05, 3.63) is 64.7 Å². The minimum absolute atomic E-state index is 0.0231. The van der Waals surface area contributed by atoms with Gasteiger partial charge in [0.1, 0.15) is 0 Å². The monoisotopic (exact) mass is 506 g/mol. The van der Waals surface area contributed by atoms with E-state index < -0.39 is 6.10 Å². The van der Waals surface area contributed by atoms with Crippen LogP contribution in [0.4, 0.5) is 5.69 Å². The second-order valence-electron chi connectivity index (χ2n) is 10.5. The summed E-state index contributed by atoms with van der Waals surface area (Å²) in [6, 6.07) is 13.5. The van der Waals surface area contributed by atoms with E-state index in [-0.39, 0.29) is 18.4 Å². The summed E-state index contributed by atoms with van der Waals surface area (Å²) < 4.78 is 5.55. The molecule has 3 atom stereocenters. The highest BCUT2D eigenvalue weighted by molar-refractivity contribution is 6.03. The lowest BCUT2D eigenvalue weighted by Crippen LogP contribution is -2.39. The summed E-state index contributed by atoms with van der Waals surface area (Å²) in [5, 5.41) is 10.8. The van der Waals surface area contributed by atoms with Gasteiger partial charge in [-0.2, -0.15) is 0 Å². The predicted molar refractivity (Wildman–Crippen MR) is 143 cm³/mol. The Balaban J connectivity index is 1.27. The lowest BCUT2D eigenvalue weighted by atomic mass is 10.0. The lowest BCUT2D eigenvalue weighted by Gasteiger charge is -2.25. The SMILES string of the molecule is CCN1CCN(CC(O)CCc2ccccc2CN)C(=O)c2ccc(C(=O)N3CC4COCC4C3)cc21. The molecule has 2 saturated heterocycles. The Labute approximate surface area is 219 Å². The van der Waals surface area contributed by atoms with Crippen LogP contribution in [0, 0.1) is 11.8 Å². The molecule has 37 heavy (non-hydrogen) atoms. The molecule has 0 aromatic heterocycles. The Bertz CT molecular complexity index is 1130. The number of carbonyl (C=O) groups is 2. The number of fused-ring (bicyclic) bond motifs is 2. The lowest BCUT2D eigenvalue weighted by molar-refractivity contribution is 0.0622. The number of rotatable bonds is 8. The first-order chi connectivity index (χ1) is 18.0. The number of aliphatic hydroxyl groups is 1. The molecular formula is C29H38N4O4. The third kappa shape index (κ3) is 5.37. The van der Waals surface area contributed by atoms with Crippen molar-refractivity contribution in [2.24, 2.45) is 17.6 Å². The molecule has 3 heterocycles. The van der Waals surface area contributed by atoms with Crippen LogP contribution in [0.15, 0.2) is 42.5 Å². The highest BCUT2D eigenvalue weighted by Gasteiger charge is 2.39. The van der Waals surface area contributed by atoms with Crippen LogP contribution in [-0.4, -0.2) is 85.3 Å². The van der Waals surface area contributed by atoms with Crippen LogP contribution < -0.4 is 10.6 Å². The second kappa shape index (κ2) is 11.2. The average Bonchev–Trinajstić information content (AvgIpc) is 3.50. The number of carbonyl (C=O) groups excluding carboxylic acids is 2. The fourth-order valence-electron chi connectivity index (χ4n) is 5.95. The minimum atomic E-state index is -0.633. The van der Waals surface area contributed by atoms with Crippen LogP contribution >= 0.6 is 0 Å². The number of hydrogen-bond acceptors (Lipinski definition) is 6. The van der Waals surface area contributed by atoms with Crippen molar-refractivity contribution in [1.82, 2.24) is 9.80 Å². The first-order valence-corrected chi connectivity index (χ1v) is 13.5.